The first-order chi connectivity index (χ1) is 15.7. The van der Waals surface area contributed by atoms with Gasteiger partial charge in [-0.25, -0.2) is 13.7 Å². The van der Waals surface area contributed by atoms with Crippen molar-refractivity contribution in [3.63, 3.8) is 0 Å². The highest BCUT2D eigenvalue weighted by Crippen LogP contribution is 2.40. The van der Waals surface area contributed by atoms with E-state index >= 15 is 4.39 Å². The van der Waals surface area contributed by atoms with Crippen molar-refractivity contribution in [3.05, 3.63) is 53.0 Å². The number of amides is 1. The van der Waals surface area contributed by atoms with Crippen molar-refractivity contribution in [3.8, 4) is 17.0 Å². The third kappa shape index (κ3) is 6.79. The van der Waals surface area contributed by atoms with E-state index in [4.69, 9.17) is 16.3 Å². The topological polar surface area (TPSA) is 71.5 Å². The molecule has 1 saturated heterocycles. The summed E-state index contributed by atoms with van der Waals surface area (Å²) in [6, 6.07) is 8.96. The van der Waals surface area contributed by atoms with E-state index < -0.39 is 28.4 Å². The molecule has 1 fully saturated rings. The molecule has 0 saturated carbocycles. The quantitative estimate of drug-likeness (QED) is 0.521. The van der Waals surface area contributed by atoms with Crippen LogP contribution in [0, 0.1) is 0 Å². The maximum atomic E-state index is 15.4. The number of benzene rings is 1. The zero-order chi connectivity index (χ0) is 24.0. The Labute approximate surface area is 205 Å². The molecule has 1 aromatic heterocycles. The number of alkyl halides is 1. The molecule has 0 bridgehead atoms. The Morgan fingerprint density at radius 2 is 2.06 bits per heavy atom. The molecule has 2 aromatic rings. The Kier molecular flexibility index (Phi) is 8.92. The summed E-state index contributed by atoms with van der Waals surface area (Å²) in [5.41, 5.74) is -0.205. The maximum absolute atomic E-state index is 15.4. The number of rotatable bonds is 8. The molecule has 2 atom stereocenters. The zero-order valence-corrected chi connectivity index (χ0v) is 21.1. The Morgan fingerprint density at radius 1 is 1.36 bits per heavy atom. The smallest absolute Gasteiger partial charge is 0.258 e. The lowest BCUT2D eigenvalue weighted by molar-refractivity contribution is -0.135. The van der Waals surface area contributed by atoms with E-state index in [2.05, 4.69) is 10.3 Å². The summed E-state index contributed by atoms with van der Waals surface area (Å²) >= 11 is 7.89. The van der Waals surface area contributed by atoms with Crippen LogP contribution < -0.4 is 10.1 Å². The van der Waals surface area contributed by atoms with E-state index in [1.54, 1.807) is 26.3 Å². The Balaban J connectivity index is 1.68. The number of methoxy groups -OCH3 is 1. The standard InChI is InChI=1S/C23H27ClFN3O3S2/c1-16(8-13-33(3)30)27-22(29)23(25)9-11-28(12-10-23)32-20-15-26-21(31-2)14-18(20)17-6-4-5-7-19(17)24/h4-8,13-16H,9-12H2,1-3H3,(H,27,29)/b13-8-. The van der Waals surface area contributed by atoms with Crippen molar-refractivity contribution in [2.24, 2.45) is 0 Å². The highest BCUT2D eigenvalue weighted by atomic mass is 35.5. The van der Waals surface area contributed by atoms with E-state index in [1.165, 1.54) is 23.6 Å². The molecule has 178 valence electrons. The zero-order valence-electron chi connectivity index (χ0n) is 18.7. The van der Waals surface area contributed by atoms with Crippen molar-refractivity contribution < 1.29 is 18.1 Å². The van der Waals surface area contributed by atoms with Gasteiger partial charge < -0.3 is 10.1 Å². The number of piperidine rings is 1. The van der Waals surface area contributed by atoms with Crippen LogP contribution in [0.4, 0.5) is 4.39 Å². The van der Waals surface area contributed by atoms with Gasteiger partial charge in [-0.3, -0.25) is 9.00 Å². The largest absolute Gasteiger partial charge is 0.481 e. The number of hydrogen-bond acceptors (Lipinski definition) is 6. The minimum Gasteiger partial charge on any atom is -0.481 e. The fraction of sp³-hybridized carbons (Fsp3) is 0.391. The van der Waals surface area contributed by atoms with Gasteiger partial charge in [0, 0.05) is 87.7 Å². The lowest BCUT2D eigenvalue weighted by Crippen LogP contribution is -2.51. The first-order valence-corrected chi connectivity index (χ1v) is 13.2. The van der Waals surface area contributed by atoms with Gasteiger partial charge in [0.1, 0.15) is 0 Å². The third-order valence-electron chi connectivity index (χ3n) is 5.28. The van der Waals surface area contributed by atoms with E-state index in [0.29, 0.717) is 24.0 Å². The Bertz CT molecular complexity index is 1050. The number of pyridine rings is 1. The summed E-state index contributed by atoms with van der Waals surface area (Å²) in [6.07, 6.45) is 5.01. The van der Waals surface area contributed by atoms with Crippen LogP contribution in [0.5, 0.6) is 5.88 Å². The normalized spacial score (nSPS) is 18.1. The van der Waals surface area contributed by atoms with Gasteiger partial charge in [0.15, 0.2) is 5.67 Å². The lowest BCUT2D eigenvalue weighted by Gasteiger charge is -2.35. The van der Waals surface area contributed by atoms with Gasteiger partial charge in [-0.15, -0.1) is 0 Å². The summed E-state index contributed by atoms with van der Waals surface area (Å²) in [4.78, 5) is 17.7. The SMILES string of the molecule is COc1cc(-c2ccccc2Cl)c(SN2CCC(F)(C(=O)NC(C)/C=C\S(C)=O)CC2)cn1. The molecule has 33 heavy (non-hydrogen) atoms. The Morgan fingerprint density at radius 3 is 2.70 bits per heavy atom. The number of nitrogens with zero attached hydrogens (tertiary/aromatic N) is 2. The summed E-state index contributed by atoms with van der Waals surface area (Å²) in [5, 5.41) is 4.75. The van der Waals surface area contributed by atoms with Crippen molar-refractivity contribution in [1.82, 2.24) is 14.6 Å². The van der Waals surface area contributed by atoms with Gasteiger partial charge in [-0.1, -0.05) is 35.9 Å². The average molecular weight is 512 g/mol. The fourth-order valence-electron chi connectivity index (χ4n) is 3.41. The molecule has 2 unspecified atom stereocenters. The van der Waals surface area contributed by atoms with Crippen LogP contribution in [-0.4, -0.2) is 57.6 Å². The third-order valence-corrected chi connectivity index (χ3v) is 7.30. The summed E-state index contributed by atoms with van der Waals surface area (Å²) in [6.45, 7) is 2.51. The van der Waals surface area contributed by atoms with E-state index in [-0.39, 0.29) is 12.8 Å². The van der Waals surface area contributed by atoms with Crippen molar-refractivity contribution in [2.75, 3.05) is 26.5 Å². The Hall–Kier alpha value is -1.94. The van der Waals surface area contributed by atoms with Crippen LogP contribution in [0.1, 0.15) is 19.8 Å². The predicted molar refractivity (Wildman–Crippen MR) is 133 cm³/mol. The van der Waals surface area contributed by atoms with Crippen LogP contribution >= 0.6 is 23.5 Å². The van der Waals surface area contributed by atoms with Gasteiger partial charge >= 0.3 is 0 Å². The molecule has 0 spiro atoms. The van der Waals surface area contributed by atoms with E-state index in [9.17, 15) is 9.00 Å². The van der Waals surface area contributed by atoms with Crippen molar-refractivity contribution >= 4 is 40.3 Å². The number of hydrogen-bond donors (Lipinski definition) is 1. The number of ether oxygens (including phenoxy) is 1. The average Bonchev–Trinajstić information content (AvgIpc) is 2.80. The van der Waals surface area contributed by atoms with Gasteiger partial charge in [-0.05, 0) is 24.9 Å². The van der Waals surface area contributed by atoms with E-state index in [1.807, 2.05) is 34.6 Å². The monoisotopic (exact) mass is 511 g/mol. The lowest BCUT2D eigenvalue weighted by atomic mass is 9.93. The molecule has 1 amide bonds. The molecule has 0 radical (unpaired) electrons. The molecule has 3 rings (SSSR count). The molecular weight excluding hydrogens is 485 g/mol. The summed E-state index contributed by atoms with van der Waals surface area (Å²) in [7, 11) is 0.439. The maximum Gasteiger partial charge on any atom is 0.258 e. The van der Waals surface area contributed by atoms with Gasteiger partial charge in [-0.2, -0.15) is 0 Å². The summed E-state index contributed by atoms with van der Waals surface area (Å²) < 4.78 is 33.8. The van der Waals surface area contributed by atoms with Crippen LogP contribution in [0.2, 0.25) is 5.02 Å². The number of carbonyl (C=O) groups is 1. The van der Waals surface area contributed by atoms with Crippen LogP contribution in [0.3, 0.4) is 0 Å². The first kappa shape index (κ1) is 25.7. The van der Waals surface area contributed by atoms with Gasteiger partial charge in [0.05, 0.1) is 7.11 Å². The molecule has 1 aliphatic heterocycles. The molecule has 6 nitrogen and oxygen atoms in total. The van der Waals surface area contributed by atoms with Crippen molar-refractivity contribution in [2.45, 2.75) is 36.4 Å². The molecule has 1 aliphatic rings. The summed E-state index contributed by atoms with van der Waals surface area (Å²) in [5.74, 6) is -0.156. The van der Waals surface area contributed by atoms with Crippen LogP contribution in [0.15, 0.2) is 52.9 Å². The fourth-order valence-corrected chi connectivity index (χ4v) is 5.11. The van der Waals surface area contributed by atoms with Gasteiger partial charge in [0.25, 0.3) is 5.91 Å². The minimum atomic E-state index is -1.94. The number of aromatic nitrogens is 1. The molecule has 2 heterocycles. The van der Waals surface area contributed by atoms with Gasteiger partial charge in [0.2, 0.25) is 5.88 Å². The predicted octanol–water partition coefficient (Wildman–Crippen LogP) is 4.62. The molecular formula is C23H27ClFN3O3S2. The van der Waals surface area contributed by atoms with Crippen LogP contribution in [0.25, 0.3) is 11.1 Å². The molecule has 10 heteroatoms. The molecule has 0 aliphatic carbocycles. The highest BCUT2D eigenvalue weighted by Gasteiger charge is 2.42. The second-order valence-corrected chi connectivity index (χ2v) is 10.6. The minimum absolute atomic E-state index is 0.0764. The van der Waals surface area contributed by atoms with E-state index in [0.717, 1.165) is 16.0 Å². The first-order valence-electron chi connectivity index (χ1n) is 10.4. The van der Waals surface area contributed by atoms with Crippen molar-refractivity contribution in [1.29, 1.82) is 0 Å². The second kappa shape index (κ2) is 11.5. The second-order valence-electron chi connectivity index (χ2n) is 7.78. The molecule has 1 aromatic carbocycles. The molecule has 1 N–H and O–H groups in total. The number of carbonyl (C=O) groups excluding carboxylic acids is 1. The number of halogens is 2. The van der Waals surface area contributed by atoms with Crippen LogP contribution in [-0.2, 0) is 15.6 Å². The number of nitrogens with one attached hydrogen (secondary N) is 1. The highest BCUT2D eigenvalue weighted by molar-refractivity contribution is 7.97.